The van der Waals surface area contributed by atoms with Gasteiger partial charge in [-0.05, 0) is 24.6 Å². The fourth-order valence-corrected chi connectivity index (χ4v) is 1.53. The minimum Gasteiger partial charge on any atom is -0.481 e. The van der Waals surface area contributed by atoms with E-state index in [1.54, 1.807) is 12.1 Å². The second-order valence-corrected chi connectivity index (χ2v) is 3.97. The van der Waals surface area contributed by atoms with E-state index in [2.05, 4.69) is 5.32 Å². The van der Waals surface area contributed by atoms with Crippen LogP contribution in [0.5, 0.6) is 0 Å². The lowest BCUT2D eigenvalue weighted by atomic mass is 10.2. The third-order valence-electron chi connectivity index (χ3n) is 1.90. The van der Waals surface area contributed by atoms with Crippen LogP contribution in [0.4, 0.5) is 5.69 Å². The third-order valence-corrected chi connectivity index (χ3v) is 2.62. The van der Waals surface area contributed by atoms with Gasteiger partial charge in [-0.3, -0.25) is 4.79 Å². The van der Waals surface area contributed by atoms with Crippen molar-refractivity contribution in [3.8, 4) is 0 Å². The summed E-state index contributed by atoms with van der Waals surface area (Å²) in [6, 6.07) is 3.44. The largest absolute Gasteiger partial charge is 0.481 e. The normalized spacial score (nSPS) is 10.1. The van der Waals surface area contributed by atoms with E-state index in [1.807, 2.05) is 6.92 Å². The molecular weight excluding hydrogens is 237 g/mol. The van der Waals surface area contributed by atoms with E-state index >= 15 is 0 Å². The van der Waals surface area contributed by atoms with Gasteiger partial charge in [-0.1, -0.05) is 23.2 Å². The lowest BCUT2D eigenvalue weighted by Crippen LogP contribution is -2.07. The van der Waals surface area contributed by atoms with Crippen molar-refractivity contribution in [2.45, 2.75) is 13.3 Å². The van der Waals surface area contributed by atoms with E-state index in [0.29, 0.717) is 22.3 Å². The molecule has 0 fully saturated rings. The SMILES string of the molecule is Cc1cc(Cl)c(NCCC(=O)O)cc1Cl. The van der Waals surface area contributed by atoms with Crippen LogP contribution in [0, 0.1) is 6.92 Å². The Hall–Kier alpha value is -0.930. The van der Waals surface area contributed by atoms with Crippen LogP contribution in [-0.2, 0) is 4.79 Å². The number of aliphatic carboxylic acids is 1. The Kier molecular flexibility index (Phi) is 4.24. The summed E-state index contributed by atoms with van der Waals surface area (Å²) in [6.45, 7) is 2.18. The predicted molar refractivity (Wildman–Crippen MR) is 61.9 cm³/mol. The van der Waals surface area contributed by atoms with Gasteiger partial charge in [0.05, 0.1) is 17.1 Å². The lowest BCUT2D eigenvalue weighted by Gasteiger charge is -2.09. The van der Waals surface area contributed by atoms with Crippen LogP contribution in [0.1, 0.15) is 12.0 Å². The highest BCUT2D eigenvalue weighted by molar-refractivity contribution is 6.35. The van der Waals surface area contributed by atoms with Crippen LogP contribution in [-0.4, -0.2) is 17.6 Å². The zero-order chi connectivity index (χ0) is 11.4. The van der Waals surface area contributed by atoms with E-state index in [0.717, 1.165) is 5.56 Å². The van der Waals surface area contributed by atoms with E-state index in [1.165, 1.54) is 0 Å². The van der Waals surface area contributed by atoms with E-state index in [9.17, 15) is 4.79 Å². The molecule has 0 radical (unpaired) electrons. The maximum atomic E-state index is 10.3. The number of halogens is 2. The molecule has 0 aromatic heterocycles. The molecule has 0 unspecified atom stereocenters. The first-order valence-corrected chi connectivity index (χ1v) is 5.17. The van der Waals surface area contributed by atoms with Gasteiger partial charge in [-0.25, -0.2) is 0 Å². The summed E-state index contributed by atoms with van der Waals surface area (Å²) in [5.74, 6) is -0.850. The minimum absolute atomic E-state index is 0.0435. The zero-order valence-electron chi connectivity index (χ0n) is 8.18. The molecule has 1 rings (SSSR count). The van der Waals surface area contributed by atoms with Crippen molar-refractivity contribution in [3.05, 3.63) is 27.7 Å². The molecule has 0 atom stereocenters. The standard InChI is InChI=1S/C10H11Cl2NO2/c1-6-4-8(12)9(5-7(6)11)13-3-2-10(14)15/h4-5,13H,2-3H2,1H3,(H,14,15). The quantitative estimate of drug-likeness (QED) is 0.860. The number of carbonyl (C=O) groups is 1. The van der Waals surface area contributed by atoms with Gasteiger partial charge >= 0.3 is 5.97 Å². The summed E-state index contributed by atoms with van der Waals surface area (Å²) in [5, 5.41) is 12.5. The zero-order valence-corrected chi connectivity index (χ0v) is 9.69. The number of carboxylic acid groups (broad SMARTS) is 1. The van der Waals surface area contributed by atoms with Gasteiger partial charge in [0.25, 0.3) is 0 Å². The van der Waals surface area contributed by atoms with E-state index in [-0.39, 0.29) is 6.42 Å². The van der Waals surface area contributed by atoms with Crippen molar-refractivity contribution in [2.24, 2.45) is 0 Å². The topological polar surface area (TPSA) is 49.3 Å². The molecule has 5 heteroatoms. The Bertz CT molecular complexity index is 380. The van der Waals surface area contributed by atoms with Gasteiger partial charge in [-0.15, -0.1) is 0 Å². The Morgan fingerprint density at radius 3 is 2.67 bits per heavy atom. The summed E-state index contributed by atoms with van der Waals surface area (Å²) >= 11 is 11.9. The van der Waals surface area contributed by atoms with Crippen molar-refractivity contribution in [3.63, 3.8) is 0 Å². The van der Waals surface area contributed by atoms with E-state index in [4.69, 9.17) is 28.3 Å². The number of nitrogens with one attached hydrogen (secondary N) is 1. The van der Waals surface area contributed by atoms with Crippen LogP contribution >= 0.6 is 23.2 Å². The summed E-state index contributed by atoms with van der Waals surface area (Å²) in [6.07, 6.45) is 0.0435. The van der Waals surface area contributed by atoms with Gasteiger partial charge in [0.1, 0.15) is 0 Å². The molecule has 2 N–H and O–H groups in total. The predicted octanol–water partition coefficient (Wildman–Crippen LogP) is 3.19. The summed E-state index contributed by atoms with van der Waals surface area (Å²) in [4.78, 5) is 10.3. The van der Waals surface area contributed by atoms with Gasteiger partial charge in [0.15, 0.2) is 0 Å². The third kappa shape index (κ3) is 3.61. The molecule has 0 bridgehead atoms. The van der Waals surface area contributed by atoms with Crippen LogP contribution < -0.4 is 5.32 Å². The fourth-order valence-electron chi connectivity index (χ4n) is 1.09. The summed E-state index contributed by atoms with van der Waals surface area (Å²) in [7, 11) is 0. The Labute approximate surface area is 98.0 Å². The van der Waals surface area contributed by atoms with Crippen molar-refractivity contribution >= 4 is 34.9 Å². The van der Waals surface area contributed by atoms with Gasteiger partial charge in [0.2, 0.25) is 0 Å². The molecule has 82 valence electrons. The molecular formula is C10H11Cl2NO2. The number of hydrogen-bond donors (Lipinski definition) is 2. The van der Waals surface area contributed by atoms with Crippen molar-refractivity contribution in [1.29, 1.82) is 0 Å². The molecule has 1 aromatic rings. The Morgan fingerprint density at radius 1 is 1.40 bits per heavy atom. The monoisotopic (exact) mass is 247 g/mol. The summed E-state index contributed by atoms with van der Waals surface area (Å²) < 4.78 is 0. The van der Waals surface area contributed by atoms with Crippen molar-refractivity contribution < 1.29 is 9.90 Å². The number of aryl methyl sites for hydroxylation is 1. The number of anilines is 1. The highest BCUT2D eigenvalue weighted by Gasteiger charge is 2.04. The highest BCUT2D eigenvalue weighted by atomic mass is 35.5. The molecule has 3 nitrogen and oxygen atoms in total. The average Bonchev–Trinajstić information content (AvgIpc) is 2.13. The smallest absolute Gasteiger partial charge is 0.305 e. The second kappa shape index (κ2) is 5.24. The number of hydrogen-bond acceptors (Lipinski definition) is 2. The molecule has 0 saturated heterocycles. The highest BCUT2D eigenvalue weighted by Crippen LogP contribution is 2.28. The molecule has 0 saturated carbocycles. The molecule has 0 heterocycles. The number of benzene rings is 1. The van der Waals surface area contributed by atoms with Crippen LogP contribution in [0.3, 0.4) is 0 Å². The second-order valence-electron chi connectivity index (χ2n) is 3.15. The number of rotatable bonds is 4. The Balaban J connectivity index is 2.69. The molecule has 1 aromatic carbocycles. The first-order valence-electron chi connectivity index (χ1n) is 4.42. The van der Waals surface area contributed by atoms with Gasteiger partial charge in [0, 0.05) is 11.6 Å². The van der Waals surface area contributed by atoms with Crippen LogP contribution in [0.25, 0.3) is 0 Å². The minimum atomic E-state index is -0.850. The van der Waals surface area contributed by atoms with Crippen molar-refractivity contribution in [2.75, 3.05) is 11.9 Å². The van der Waals surface area contributed by atoms with Crippen LogP contribution in [0.15, 0.2) is 12.1 Å². The Morgan fingerprint density at radius 2 is 2.07 bits per heavy atom. The van der Waals surface area contributed by atoms with Gasteiger partial charge < -0.3 is 10.4 Å². The first-order chi connectivity index (χ1) is 7.00. The fraction of sp³-hybridized carbons (Fsp3) is 0.300. The number of carboxylic acids is 1. The van der Waals surface area contributed by atoms with E-state index < -0.39 is 5.97 Å². The van der Waals surface area contributed by atoms with Crippen molar-refractivity contribution in [1.82, 2.24) is 0 Å². The molecule has 15 heavy (non-hydrogen) atoms. The first kappa shape index (κ1) is 12.1. The van der Waals surface area contributed by atoms with Gasteiger partial charge in [-0.2, -0.15) is 0 Å². The maximum Gasteiger partial charge on any atom is 0.305 e. The average molecular weight is 248 g/mol. The molecule has 0 aliphatic rings. The van der Waals surface area contributed by atoms with Crippen LogP contribution in [0.2, 0.25) is 10.0 Å². The molecule has 0 aliphatic heterocycles. The summed E-state index contributed by atoms with van der Waals surface area (Å²) in [5.41, 5.74) is 1.55. The molecule has 0 spiro atoms. The molecule has 0 aliphatic carbocycles. The maximum absolute atomic E-state index is 10.3. The lowest BCUT2D eigenvalue weighted by molar-refractivity contribution is -0.136. The molecule has 0 amide bonds.